The highest BCUT2D eigenvalue weighted by Gasteiger charge is 2.51. The molecule has 1 aliphatic rings. The lowest BCUT2D eigenvalue weighted by molar-refractivity contribution is -0.220. The van der Waals surface area contributed by atoms with Gasteiger partial charge in [0.05, 0.1) is 13.2 Å². The van der Waals surface area contributed by atoms with Crippen LogP contribution in [0.1, 0.15) is 187 Å². The van der Waals surface area contributed by atoms with Crippen molar-refractivity contribution in [3.05, 3.63) is 24.3 Å². The van der Waals surface area contributed by atoms with Gasteiger partial charge in [-0.25, -0.2) is 4.57 Å². The molecule has 1 aliphatic carbocycles. The number of allylic oxidation sites excluding steroid dienone is 4. The van der Waals surface area contributed by atoms with Gasteiger partial charge in [-0.05, 0) is 64.2 Å². The normalized spacial score (nSPS) is 23.0. The molecular weight excluding hydrogens is 751 g/mol. The summed E-state index contributed by atoms with van der Waals surface area (Å²) in [4.78, 5) is 23.1. The average Bonchev–Trinajstić information content (AvgIpc) is 3.19. The lowest BCUT2D eigenvalue weighted by Crippen LogP contribution is -2.64. The van der Waals surface area contributed by atoms with Crippen molar-refractivity contribution in [1.82, 2.24) is 0 Å². The third-order valence-corrected chi connectivity index (χ3v) is 11.5. The van der Waals surface area contributed by atoms with Crippen LogP contribution in [0, 0.1) is 0 Å². The summed E-state index contributed by atoms with van der Waals surface area (Å²) >= 11 is 0. The highest BCUT2D eigenvalue weighted by atomic mass is 31.2. The molecule has 57 heavy (non-hydrogen) atoms. The number of carbonyl (C=O) groups is 1. The smallest absolute Gasteiger partial charge is 0.457 e. The zero-order valence-corrected chi connectivity index (χ0v) is 36.5. The molecule has 1 saturated carbocycles. The molecule has 0 aliphatic heterocycles. The molecule has 0 heterocycles. The van der Waals surface area contributed by atoms with E-state index in [2.05, 4.69) is 38.2 Å². The van der Waals surface area contributed by atoms with Gasteiger partial charge in [-0.15, -0.1) is 0 Å². The molecule has 0 amide bonds. The van der Waals surface area contributed by atoms with Crippen molar-refractivity contribution in [2.24, 2.45) is 0 Å². The van der Waals surface area contributed by atoms with Gasteiger partial charge in [0.2, 0.25) is 0 Å². The fourth-order valence-corrected chi connectivity index (χ4v) is 7.85. The number of esters is 1. The van der Waals surface area contributed by atoms with Crippen molar-refractivity contribution >= 4 is 13.8 Å². The first kappa shape index (κ1) is 53.8. The summed E-state index contributed by atoms with van der Waals surface area (Å²) in [6.45, 7) is 4.22. The first-order valence-corrected chi connectivity index (χ1v) is 24.2. The second-order valence-electron chi connectivity index (χ2n) is 15.9. The fourth-order valence-electron chi connectivity index (χ4n) is 6.87. The summed E-state index contributed by atoms with van der Waals surface area (Å²) in [6.07, 6.45) is 26.7. The van der Waals surface area contributed by atoms with E-state index in [0.717, 1.165) is 70.6 Å². The Morgan fingerprint density at radius 1 is 0.544 bits per heavy atom. The Balaban J connectivity index is 2.42. The maximum absolute atomic E-state index is 12.8. The summed E-state index contributed by atoms with van der Waals surface area (Å²) < 4.78 is 34.1. The van der Waals surface area contributed by atoms with Gasteiger partial charge in [0, 0.05) is 13.0 Å². The van der Waals surface area contributed by atoms with Gasteiger partial charge in [0.15, 0.2) is 0 Å². The number of unbranched alkanes of at least 4 members (excludes halogenated alkanes) is 22. The van der Waals surface area contributed by atoms with E-state index in [1.165, 1.54) is 89.9 Å². The quantitative estimate of drug-likeness (QED) is 0.0150. The number of phosphoric ester groups is 1. The van der Waals surface area contributed by atoms with Crippen LogP contribution in [0.4, 0.5) is 0 Å². The van der Waals surface area contributed by atoms with Gasteiger partial charge in [0.25, 0.3) is 0 Å². The highest BCUT2D eigenvalue weighted by molar-refractivity contribution is 7.47. The molecule has 0 spiro atoms. The Hall–Kier alpha value is -1.18. The van der Waals surface area contributed by atoms with Gasteiger partial charge >= 0.3 is 13.8 Å². The molecule has 0 aromatic heterocycles. The van der Waals surface area contributed by atoms with E-state index < -0.39 is 63.1 Å². The Kier molecular flexibility index (Phi) is 33.6. The molecule has 0 aromatic rings. The molecule has 0 aromatic carbocycles. The molecule has 12 nitrogen and oxygen atoms in total. The first-order valence-electron chi connectivity index (χ1n) is 22.7. The molecule has 6 unspecified atom stereocenters. The predicted molar refractivity (Wildman–Crippen MR) is 226 cm³/mol. The molecule has 6 N–H and O–H groups in total. The van der Waals surface area contributed by atoms with E-state index in [9.17, 15) is 39.8 Å². The summed E-state index contributed by atoms with van der Waals surface area (Å²) in [5.74, 6) is -0.487. The second-order valence-corrected chi connectivity index (χ2v) is 17.3. The zero-order valence-electron chi connectivity index (χ0n) is 35.6. The van der Waals surface area contributed by atoms with Gasteiger partial charge in [0.1, 0.15) is 42.7 Å². The van der Waals surface area contributed by atoms with Gasteiger partial charge < -0.3 is 39.9 Å². The third-order valence-electron chi connectivity index (χ3n) is 10.5. The molecule has 1 fully saturated rings. The van der Waals surface area contributed by atoms with Crippen LogP contribution in [0.3, 0.4) is 0 Å². The zero-order chi connectivity index (χ0) is 42.0. The van der Waals surface area contributed by atoms with Crippen LogP contribution in [0.15, 0.2) is 24.3 Å². The number of rotatable bonds is 38. The van der Waals surface area contributed by atoms with E-state index in [1.54, 1.807) is 0 Å². The molecule has 13 heteroatoms. The van der Waals surface area contributed by atoms with Crippen LogP contribution >= 0.6 is 7.82 Å². The lowest BCUT2D eigenvalue weighted by atomic mass is 9.85. The Bertz CT molecular complexity index is 1040. The number of ether oxygens (including phenoxy) is 2. The van der Waals surface area contributed by atoms with E-state index in [4.69, 9.17) is 18.5 Å². The summed E-state index contributed by atoms with van der Waals surface area (Å²) in [6, 6.07) is 0. The Morgan fingerprint density at radius 2 is 0.930 bits per heavy atom. The van der Waals surface area contributed by atoms with Crippen LogP contribution in [0.2, 0.25) is 0 Å². The van der Waals surface area contributed by atoms with E-state index in [1.807, 2.05) is 0 Å². The van der Waals surface area contributed by atoms with Crippen LogP contribution in [-0.2, 0) is 27.9 Å². The monoisotopic (exact) mass is 835 g/mol. The first-order chi connectivity index (χ1) is 27.5. The van der Waals surface area contributed by atoms with Gasteiger partial charge in [-0.3, -0.25) is 13.8 Å². The molecule has 1 rings (SSSR count). The van der Waals surface area contributed by atoms with E-state index in [-0.39, 0.29) is 13.0 Å². The van der Waals surface area contributed by atoms with Crippen molar-refractivity contribution in [3.63, 3.8) is 0 Å². The lowest BCUT2D eigenvalue weighted by Gasteiger charge is -2.41. The summed E-state index contributed by atoms with van der Waals surface area (Å²) in [5, 5.41) is 50.1. The van der Waals surface area contributed by atoms with Crippen molar-refractivity contribution < 1.29 is 58.3 Å². The topological polar surface area (TPSA) is 192 Å². The van der Waals surface area contributed by atoms with Crippen molar-refractivity contribution in [3.8, 4) is 0 Å². The Morgan fingerprint density at radius 3 is 1.40 bits per heavy atom. The SMILES string of the molecule is CCCCCC/C=C\CCCCCCCCOCC(COP(=O)(O)OC1C(O)C(O)C(O)C(O)C1O)OC(=O)CCCCCCC/C=C\CCCCCCCCC. The minimum absolute atomic E-state index is 0.0820. The summed E-state index contributed by atoms with van der Waals surface area (Å²) in [5.41, 5.74) is 0. The van der Waals surface area contributed by atoms with Crippen molar-refractivity contribution in [2.75, 3.05) is 19.8 Å². The minimum atomic E-state index is -5.02. The molecular formula is C44H83O12P. The standard InChI is InChI=1S/C44H83O12P/c1-3-5-7-9-11-13-15-17-19-20-21-23-25-27-29-31-33-38(45)55-37(35-53-34-32-30-28-26-24-22-18-16-14-12-10-8-6-4-2)36-54-57(51,52)56-44-42(49)40(47)39(46)41(48)43(44)50/h14,16,19-20,37,39-44,46-50H,3-13,15,17-18,21-36H2,1-2H3,(H,51,52)/b16-14-,20-19-. The van der Waals surface area contributed by atoms with Crippen molar-refractivity contribution in [2.45, 2.75) is 230 Å². The number of aliphatic hydroxyl groups is 5. The molecule has 0 saturated heterocycles. The van der Waals surface area contributed by atoms with Gasteiger partial charge in [-0.1, -0.05) is 141 Å². The molecule has 336 valence electrons. The maximum Gasteiger partial charge on any atom is 0.472 e. The maximum atomic E-state index is 12.8. The number of phosphoric acid groups is 1. The number of hydrogen-bond acceptors (Lipinski definition) is 11. The van der Waals surface area contributed by atoms with Gasteiger partial charge in [-0.2, -0.15) is 0 Å². The molecule has 6 atom stereocenters. The predicted octanol–water partition coefficient (Wildman–Crippen LogP) is 8.92. The third kappa shape index (κ3) is 28.1. The van der Waals surface area contributed by atoms with Crippen LogP contribution in [-0.4, -0.2) is 98.9 Å². The second kappa shape index (κ2) is 35.6. The average molecular weight is 835 g/mol. The number of carbonyl (C=O) groups excluding carboxylic acids is 1. The fraction of sp³-hybridized carbons (Fsp3) is 0.886. The van der Waals surface area contributed by atoms with Crippen LogP contribution in [0.5, 0.6) is 0 Å². The molecule has 0 bridgehead atoms. The largest absolute Gasteiger partial charge is 0.472 e. The number of aliphatic hydroxyl groups excluding tert-OH is 5. The highest BCUT2D eigenvalue weighted by Crippen LogP contribution is 2.47. The Labute approximate surface area is 345 Å². The van der Waals surface area contributed by atoms with Crippen LogP contribution < -0.4 is 0 Å². The van der Waals surface area contributed by atoms with E-state index in [0.29, 0.717) is 13.0 Å². The summed E-state index contributed by atoms with van der Waals surface area (Å²) in [7, 11) is -5.02. The van der Waals surface area contributed by atoms with Crippen LogP contribution in [0.25, 0.3) is 0 Å². The van der Waals surface area contributed by atoms with Crippen molar-refractivity contribution in [1.29, 1.82) is 0 Å². The van der Waals surface area contributed by atoms with E-state index >= 15 is 0 Å². The molecule has 0 radical (unpaired) electrons. The number of hydrogen-bond donors (Lipinski definition) is 6. The minimum Gasteiger partial charge on any atom is -0.457 e.